The number of hydrogen-bond acceptors (Lipinski definition) is 4. The molecule has 0 aromatic heterocycles. The summed E-state index contributed by atoms with van der Waals surface area (Å²) < 4.78 is 12.3. The Kier molecular flexibility index (Phi) is 6.22. The Bertz CT molecular complexity index is 739. The highest BCUT2D eigenvalue weighted by Crippen LogP contribution is 2.39. The number of amides is 1. The fraction of sp³-hybridized carbons (Fsp3) is 0.579. The van der Waals surface area contributed by atoms with Crippen LogP contribution in [0.25, 0.3) is 0 Å². The molecule has 1 aromatic carbocycles. The van der Waals surface area contributed by atoms with Crippen molar-refractivity contribution < 1.29 is 24.2 Å². The Morgan fingerprint density at radius 3 is 2.19 bits per heavy atom. The van der Waals surface area contributed by atoms with Crippen LogP contribution in [0.1, 0.15) is 61.6 Å². The van der Waals surface area contributed by atoms with Crippen LogP contribution in [-0.2, 0) is 27.4 Å². The first kappa shape index (κ1) is 21.0. The summed E-state index contributed by atoms with van der Waals surface area (Å²) >= 11 is 2.22. The van der Waals surface area contributed by atoms with Gasteiger partial charge in [-0.3, -0.25) is 4.90 Å². The first-order chi connectivity index (χ1) is 12.0. The van der Waals surface area contributed by atoms with E-state index < -0.39 is 23.8 Å². The van der Waals surface area contributed by atoms with Crippen LogP contribution in [0.5, 0.6) is 0 Å². The van der Waals surface area contributed by atoms with Crippen LogP contribution in [0, 0.1) is 17.4 Å². The maximum absolute atomic E-state index is 12.7. The Morgan fingerprint density at radius 2 is 1.73 bits per heavy atom. The normalized spacial score (nSPS) is 15.0. The van der Waals surface area contributed by atoms with Crippen LogP contribution in [0.3, 0.4) is 0 Å². The molecule has 0 fully saturated rings. The Labute approximate surface area is 168 Å². The zero-order valence-corrected chi connectivity index (χ0v) is 18.3. The average molecular weight is 475 g/mol. The second-order valence-electron chi connectivity index (χ2n) is 7.44. The second-order valence-corrected chi connectivity index (χ2v) is 8.51. The van der Waals surface area contributed by atoms with Gasteiger partial charge in [-0.05, 0) is 86.4 Å². The fourth-order valence-corrected chi connectivity index (χ4v) is 4.24. The molecule has 1 atom stereocenters. The van der Waals surface area contributed by atoms with Gasteiger partial charge in [0.15, 0.2) is 6.10 Å². The van der Waals surface area contributed by atoms with E-state index in [1.807, 2.05) is 34.6 Å². The van der Waals surface area contributed by atoms with Gasteiger partial charge in [-0.25, -0.2) is 9.59 Å². The zero-order valence-electron chi connectivity index (χ0n) is 16.1. The summed E-state index contributed by atoms with van der Waals surface area (Å²) in [6, 6.07) is 0. The van der Waals surface area contributed by atoms with E-state index in [1.165, 1.54) is 4.90 Å². The molecule has 1 amide bonds. The molecule has 1 unspecified atom stereocenters. The van der Waals surface area contributed by atoms with Crippen molar-refractivity contribution in [2.75, 3.05) is 6.61 Å². The highest BCUT2D eigenvalue weighted by Gasteiger charge is 2.36. The number of nitrogens with zero attached hydrogens (tertiary/aromatic N) is 1. The third-order valence-corrected chi connectivity index (χ3v) is 5.83. The minimum absolute atomic E-state index is 0.273. The number of carbonyl (C=O) groups excluding carboxylic acids is 1. The van der Waals surface area contributed by atoms with Crippen molar-refractivity contribution in [3.05, 3.63) is 31.4 Å². The molecule has 1 N–H and O–H groups in total. The predicted octanol–water partition coefficient (Wildman–Crippen LogP) is 4.32. The first-order valence-corrected chi connectivity index (χ1v) is 9.68. The van der Waals surface area contributed by atoms with Crippen molar-refractivity contribution in [1.82, 2.24) is 4.90 Å². The van der Waals surface area contributed by atoms with Crippen molar-refractivity contribution in [1.29, 1.82) is 0 Å². The molecular weight excluding hydrogens is 449 g/mol. The molecule has 7 heteroatoms. The van der Waals surface area contributed by atoms with E-state index in [0.29, 0.717) is 13.1 Å². The molecule has 0 saturated heterocycles. The summed E-state index contributed by atoms with van der Waals surface area (Å²) in [6.07, 6.45) is -1.78. The van der Waals surface area contributed by atoms with Crippen molar-refractivity contribution in [3.8, 4) is 0 Å². The summed E-state index contributed by atoms with van der Waals surface area (Å²) in [5.41, 5.74) is 4.14. The molecule has 0 aliphatic carbocycles. The number of benzene rings is 1. The second kappa shape index (κ2) is 7.72. The molecule has 0 bridgehead atoms. The molecular formula is C19H26INO5. The van der Waals surface area contributed by atoms with Gasteiger partial charge in [0.05, 0.1) is 18.8 Å². The predicted molar refractivity (Wildman–Crippen MR) is 106 cm³/mol. The molecule has 144 valence electrons. The summed E-state index contributed by atoms with van der Waals surface area (Å²) in [5.74, 6) is -0.420. The Hall–Kier alpha value is -1.35. The van der Waals surface area contributed by atoms with Crippen molar-refractivity contribution >= 4 is 34.7 Å². The molecule has 0 spiro atoms. The number of carbonyl (C=O) groups is 2. The minimum atomic E-state index is -0.940. The molecule has 0 radical (unpaired) electrons. The van der Waals surface area contributed by atoms with E-state index in [4.69, 9.17) is 9.47 Å². The van der Waals surface area contributed by atoms with Gasteiger partial charge in [-0.15, -0.1) is 0 Å². The van der Waals surface area contributed by atoms with Crippen LogP contribution in [0.2, 0.25) is 0 Å². The maximum atomic E-state index is 12.7. The standard InChI is InChI=1S/C19H26INO5/c1-7-25-17(22)16(26-19(4,5)6)14-10(2)12-8-21(18(23)24)9-13(12)11(3)15(14)20/h16H,7-9H2,1-6H3,(H,23,24). The van der Waals surface area contributed by atoms with Gasteiger partial charge < -0.3 is 14.6 Å². The van der Waals surface area contributed by atoms with E-state index in [0.717, 1.165) is 31.4 Å². The maximum Gasteiger partial charge on any atom is 0.407 e. The molecule has 1 heterocycles. The molecule has 26 heavy (non-hydrogen) atoms. The Morgan fingerprint density at radius 1 is 1.19 bits per heavy atom. The van der Waals surface area contributed by atoms with Gasteiger partial charge in [0, 0.05) is 15.7 Å². The lowest BCUT2D eigenvalue weighted by Crippen LogP contribution is -2.30. The highest BCUT2D eigenvalue weighted by molar-refractivity contribution is 14.1. The summed E-state index contributed by atoms with van der Waals surface area (Å²) in [6.45, 7) is 12.3. The molecule has 1 aliphatic rings. The number of carboxylic acid groups (broad SMARTS) is 1. The number of esters is 1. The van der Waals surface area contributed by atoms with Crippen molar-refractivity contribution in [3.63, 3.8) is 0 Å². The first-order valence-electron chi connectivity index (χ1n) is 8.60. The lowest BCUT2D eigenvalue weighted by atomic mass is 9.91. The third-order valence-electron chi connectivity index (χ3n) is 4.44. The Balaban J connectivity index is 2.60. The zero-order chi connectivity index (χ0) is 19.8. The molecule has 2 rings (SSSR count). The quantitative estimate of drug-likeness (QED) is 0.519. The van der Waals surface area contributed by atoms with Gasteiger partial charge >= 0.3 is 12.1 Å². The van der Waals surface area contributed by atoms with Crippen LogP contribution < -0.4 is 0 Å². The van der Waals surface area contributed by atoms with E-state index in [2.05, 4.69) is 22.6 Å². The van der Waals surface area contributed by atoms with Crippen LogP contribution in [0.4, 0.5) is 4.79 Å². The minimum Gasteiger partial charge on any atom is -0.465 e. The number of hydrogen-bond donors (Lipinski definition) is 1. The molecule has 1 aliphatic heterocycles. The van der Waals surface area contributed by atoms with Gasteiger partial charge in [0.25, 0.3) is 0 Å². The molecule has 6 nitrogen and oxygen atoms in total. The van der Waals surface area contributed by atoms with E-state index in [9.17, 15) is 14.7 Å². The average Bonchev–Trinajstić information content (AvgIpc) is 2.97. The smallest absolute Gasteiger partial charge is 0.407 e. The van der Waals surface area contributed by atoms with Gasteiger partial charge in [-0.2, -0.15) is 0 Å². The fourth-order valence-electron chi connectivity index (χ4n) is 3.22. The molecule has 1 aromatic rings. The van der Waals surface area contributed by atoms with E-state index >= 15 is 0 Å². The number of fused-ring (bicyclic) bond motifs is 1. The van der Waals surface area contributed by atoms with E-state index in [1.54, 1.807) is 6.92 Å². The van der Waals surface area contributed by atoms with Gasteiger partial charge in [0.2, 0.25) is 0 Å². The van der Waals surface area contributed by atoms with Crippen LogP contribution in [0.15, 0.2) is 0 Å². The summed E-state index contributed by atoms with van der Waals surface area (Å²) in [4.78, 5) is 25.4. The topological polar surface area (TPSA) is 76.1 Å². The lowest BCUT2D eigenvalue weighted by molar-refractivity contribution is -0.167. The number of rotatable bonds is 4. The van der Waals surface area contributed by atoms with Crippen LogP contribution in [-0.4, -0.2) is 34.3 Å². The summed E-state index contributed by atoms with van der Waals surface area (Å²) in [5, 5.41) is 9.35. The number of ether oxygens (including phenoxy) is 2. The largest absolute Gasteiger partial charge is 0.465 e. The van der Waals surface area contributed by atoms with Gasteiger partial charge in [-0.1, -0.05) is 0 Å². The molecule has 0 saturated carbocycles. The van der Waals surface area contributed by atoms with Gasteiger partial charge in [0.1, 0.15) is 0 Å². The summed E-state index contributed by atoms with van der Waals surface area (Å²) in [7, 11) is 0. The van der Waals surface area contributed by atoms with Crippen molar-refractivity contribution in [2.45, 2.75) is 66.3 Å². The van der Waals surface area contributed by atoms with E-state index in [-0.39, 0.29) is 6.61 Å². The monoisotopic (exact) mass is 475 g/mol. The lowest BCUT2D eigenvalue weighted by Gasteiger charge is -2.29. The van der Waals surface area contributed by atoms with Crippen molar-refractivity contribution in [2.24, 2.45) is 0 Å². The highest BCUT2D eigenvalue weighted by atomic mass is 127. The third kappa shape index (κ3) is 4.14. The number of halogens is 1. The van der Waals surface area contributed by atoms with Crippen LogP contribution >= 0.6 is 22.6 Å². The SMILES string of the molecule is CCOC(=O)C(OC(C)(C)C)c1c(C)c2c(c(C)c1I)CN(C(=O)O)C2.